The molecule has 1 aliphatic carbocycles. The maximum absolute atomic E-state index is 12.8. The Labute approximate surface area is 130 Å². The normalized spacial score (nSPS) is 22.7. The zero-order chi connectivity index (χ0) is 15.7. The first kappa shape index (κ1) is 15.2. The van der Waals surface area contributed by atoms with Gasteiger partial charge in [0.05, 0.1) is 10.8 Å². The molecule has 2 N–H and O–H groups in total. The van der Waals surface area contributed by atoms with Gasteiger partial charge in [0.2, 0.25) is 15.9 Å². The van der Waals surface area contributed by atoms with Crippen molar-refractivity contribution in [3.63, 3.8) is 0 Å². The summed E-state index contributed by atoms with van der Waals surface area (Å²) in [6.07, 6.45) is 4.35. The Kier molecular flexibility index (Phi) is 4.06. The molecule has 1 amide bonds. The van der Waals surface area contributed by atoms with Gasteiger partial charge in [0.1, 0.15) is 0 Å². The van der Waals surface area contributed by atoms with Gasteiger partial charge in [0.25, 0.3) is 0 Å². The summed E-state index contributed by atoms with van der Waals surface area (Å²) < 4.78 is 27.1. The van der Waals surface area contributed by atoms with Crippen LogP contribution in [0.25, 0.3) is 6.08 Å². The lowest BCUT2D eigenvalue weighted by Gasteiger charge is -2.31. The third-order valence-corrected chi connectivity index (χ3v) is 6.47. The fourth-order valence-corrected chi connectivity index (χ4v) is 4.88. The van der Waals surface area contributed by atoms with E-state index in [1.807, 2.05) is 24.3 Å². The third kappa shape index (κ3) is 2.80. The number of nitrogens with two attached hydrogens (primary N) is 1. The number of fused-ring (bicyclic) bond motifs is 1. The van der Waals surface area contributed by atoms with Crippen LogP contribution in [-0.2, 0) is 21.2 Å². The Morgan fingerprint density at radius 2 is 2.00 bits per heavy atom. The van der Waals surface area contributed by atoms with Gasteiger partial charge in [0.15, 0.2) is 0 Å². The second-order valence-corrected chi connectivity index (χ2v) is 7.90. The van der Waals surface area contributed by atoms with E-state index in [0.29, 0.717) is 30.7 Å². The number of carbonyl (C=O) groups is 1. The first-order chi connectivity index (χ1) is 10.5. The number of amides is 1. The van der Waals surface area contributed by atoms with Crippen LogP contribution >= 0.6 is 0 Å². The highest BCUT2D eigenvalue weighted by Crippen LogP contribution is 2.30. The monoisotopic (exact) mass is 320 g/mol. The topological polar surface area (TPSA) is 80.5 Å². The van der Waals surface area contributed by atoms with Gasteiger partial charge in [-0.05, 0) is 42.9 Å². The van der Waals surface area contributed by atoms with Crippen LogP contribution in [0.2, 0.25) is 0 Å². The molecular formula is C16H20N2O3S. The molecule has 1 unspecified atom stereocenters. The lowest BCUT2D eigenvalue weighted by Crippen LogP contribution is -2.44. The average Bonchev–Trinajstić information content (AvgIpc) is 2.54. The van der Waals surface area contributed by atoms with E-state index in [1.165, 1.54) is 9.87 Å². The second kappa shape index (κ2) is 5.85. The molecule has 2 aliphatic rings. The second-order valence-electron chi connectivity index (χ2n) is 5.91. The largest absolute Gasteiger partial charge is 0.369 e. The molecule has 1 aromatic carbocycles. The van der Waals surface area contributed by atoms with Crippen molar-refractivity contribution in [2.45, 2.75) is 25.7 Å². The molecule has 1 atom stereocenters. The van der Waals surface area contributed by atoms with E-state index in [0.717, 1.165) is 12.0 Å². The molecule has 0 saturated carbocycles. The van der Waals surface area contributed by atoms with Gasteiger partial charge in [-0.1, -0.05) is 24.3 Å². The van der Waals surface area contributed by atoms with Gasteiger partial charge in [-0.3, -0.25) is 4.79 Å². The molecule has 1 saturated heterocycles. The molecule has 0 bridgehead atoms. The van der Waals surface area contributed by atoms with Crippen molar-refractivity contribution in [1.82, 2.24) is 4.31 Å². The zero-order valence-electron chi connectivity index (χ0n) is 12.4. The summed E-state index contributed by atoms with van der Waals surface area (Å²) in [4.78, 5) is 11.8. The smallest absolute Gasteiger partial charge is 0.239 e. The van der Waals surface area contributed by atoms with Crippen molar-refractivity contribution >= 4 is 22.0 Å². The minimum Gasteiger partial charge on any atom is -0.369 e. The molecule has 1 aromatic rings. The van der Waals surface area contributed by atoms with Crippen LogP contribution in [0.5, 0.6) is 0 Å². The Hall–Kier alpha value is -1.66. The SMILES string of the molecule is NC(=O)C1CCCN(S(=O)(=O)C2=Cc3ccccc3CC2)C1. The van der Waals surface area contributed by atoms with Crippen LogP contribution in [0.1, 0.15) is 30.4 Å². The van der Waals surface area contributed by atoms with Crippen molar-refractivity contribution in [3.8, 4) is 0 Å². The number of piperidine rings is 1. The van der Waals surface area contributed by atoms with Crippen LogP contribution in [-0.4, -0.2) is 31.7 Å². The molecule has 1 heterocycles. The fraction of sp³-hybridized carbons (Fsp3) is 0.438. The van der Waals surface area contributed by atoms with Gasteiger partial charge >= 0.3 is 0 Å². The molecule has 0 spiro atoms. The summed E-state index contributed by atoms with van der Waals surface area (Å²) in [6.45, 7) is 0.668. The summed E-state index contributed by atoms with van der Waals surface area (Å²) >= 11 is 0. The zero-order valence-corrected chi connectivity index (χ0v) is 13.2. The molecule has 1 fully saturated rings. The quantitative estimate of drug-likeness (QED) is 0.916. The van der Waals surface area contributed by atoms with Crippen molar-refractivity contribution in [2.24, 2.45) is 11.7 Å². The van der Waals surface area contributed by atoms with Gasteiger partial charge in [-0.25, -0.2) is 8.42 Å². The number of hydrogen-bond acceptors (Lipinski definition) is 3. The van der Waals surface area contributed by atoms with Gasteiger partial charge in [0, 0.05) is 13.1 Å². The maximum atomic E-state index is 12.8. The number of rotatable bonds is 3. The molecule has 0 aromatic heterocycles. The number of aryl methyl sites for hydroxylation is 1. The summed E-state index contributed by atoms with van der Waals surface area (Å²) in [5.41, 5.74) is 7.48. The molecule has 1 aliphatic heterocycles. The number of allylic oxidation sites excluding steroid dienone is 1. The van der Waals surface area contributed by atoms with Crippen molar-refractivity contribution in [2.75, 3.05) is 13.1 Å². The summed E-state index contributed by atoms with van der Waals surface area (Å²) in [7, 11) is -3.51. The highest BCUT2D eigenvalue weighted by molar-refractivity contribution is 7.93. The number of primary amides is 1. The van der Waals surface area contributed by atoms with Crippen LogP contribution in [0.15, 0.2) is 29.2 Å². The molecule has 3 rings (SSSR count). The Morgan fingerprint density at radius 1 is 1.23 bits per heavy atom. The van der Waals surface area contributed by atoms with Gasteiger partial charge in [-0.2, -0.15) is 4.31 Å². The highest BCUT2D eigenvalue weighted by Gasteiger charge is 2.34. The first-order valence-corrected chi connectivity index (χ1v) is 9.00. The van der Waals surface area contributed by atoms with Gasteiger partial charge < -0.3 is 5.73 Å². The molecular weight excluding hydrogens is 300 g/mol. The van der Waals surface area contributed by atoms with E-state index in [2.05, 4.69) is 0 Å². The standard InChI is InChI=1S/C16H20N2O3S/c17-16(19)14-6-3-9-18(11-14)22(20,21)15-8-7-12-4-1-2-5-13(12)10-15/h1-2,4-5,10,14H,3,6-9,11H2,(H2,17,19). The number of nitrogens with zero attached hydrogens (tertiary/aromatic N) is 1. The third-order valence-electron chi connectivity index (χ3n) is 4.47. The van der Waals surface area contributed by atoms with Crippen molar-refractivity contribution in [3.05, 3.63) is 40.3 Å². The van der Waals surface area contributed by atoms with Crippen LogP contribution in [0, 0.1) is 5.92 Å². The molecule has 6 heteroatoms. The van der Waals surface area contributed by atoms with Crippen molar-refractivity contribution < 1.29 is 13.2 Å². The minimum absolute atomic E-state index is 0.205. The number of carbonyl (C=O) groups excluding carboxylic acids is 1. The van der Waals surface area contributed by atoms with E-state index in [9.17, 15) is 13.2 Å². The van der Waals surface area contributed by atoms with Gasteiger partial charge in [-0.15, -0.1) is 0 Å². The molecule has 118 valence electrons. The van der Waals surface area contributed by atoms with E-state index in [-0.39, 0.29) is 12.5 Å². The average molecular weight is 320 g/mol. The molecule has 5 nitrogen and oxygen atoms in total. The Morgan fingerprint density at radius 3 is 2.77 bits per heavy atom. The molecule has 22 heavy (non-hydrogen) atoms. The van der Waals surface area contributed by atoms with E-state index < -0.39 is 15.9 Å². The van der Waals surface area contributed by atoms with E-state index in [4.69, 9.17) is 5.73 Å². The Bertz CT molecular complexity index is 725. The lowest BCUT2D eigenvalue weighted by atomic mass is 9.98. The fourth-order valence-electron chi connectivity index (χ4n) is 3.17. The number of sulfonamides is 1. The summed E-state index contributed by atoms with van der Waals surface area (Å²) in [5, 5.41) is 0. The highest BCUT2D eigenvalue weighted by atomic mass is 32.2. The van der Waals surface area contributed by atoms with Crippen LogP contribution in [0.4, 0.5) is 0 Å². The summed E-state index contributed by atoms with van der Waals surface area (Å²) in [5.74, 6) is -0.789. The maximum Gasteiger partial charge on any atom is 0.239 e. The Balaban J connectivity index is 1.88. The lowest BCUT2D eigenvalue weighted by molar-refractivity contribution is -0.122. The summed E-state index contributed by atoms with van der Waals surface area (Å²) in [6, 6.07) is 7.84. The van der Waals surface area contributed by atoms with Crippen molar-refractivity contribution in [1.29, 1.82) is 0 Å². The van der Waals surface area contributed by atoms with Crippen LogP contribution in [0.3, 0.4) is 0 Å². The minimum atomic E-state index is -3.51. The number of hydrogen-bond donors (Lipinski definition) is 1. The first-order valence-electron chi connectivity index (χ1n) is 7.56. The molecule has 0 radical (unpaired) electrons. The van der Waals surface area contributed by atoms with Crippen LogP contribution < -0.4 is 5.73 Å². The number of benzene rings is 1. The van der Waals surface area contributed by atoms with E-state index in [1.54, 1.807) is 6.08 Å². The van der Waals surface area contributed by atoms with E-state index >= 15 is 0 Å². The predicted molar refractivity (Wildman–Crippen MR) is 85.2 cm³/mol. The predicted octanol–water partition coefficient (Wildman–Crippen LogP) is 1.50.